The summed E-state index contributed by atoms with van der Waals surface area (Å²) in [6, 6.07) is 0. The van der Waals surface area contributed by atoms with E-state index in [0.29, 0.717) is 19.4 Å². The molecule has 0 aliphatic heterocycles. The van der Waals surface area contributed by atoms with Gasteiger partial charge in [0.25, 0.3) is 0 Å². The Labute approximate surface area is 159 Å². The van der Waals surface area contributed by atoms with E-state index in [0.717, 1.165) is 6.42 Å². The van der Waals surface area contributed by atoms with Crippen LogP contribution in [0.25, 0.3) is 0 Å². The largest absolute Gasteiger partial charge is 0.462 e. The molecule has 0 amide bonds. The van der Waals surface area contributed by atoms with Crippen molar-refractivity contribution in [3.05, 3.63) is 0 Å². The van der Waals surface area contributed by atoms with Crippen LogP contribution in [-0.2, 0) is 19.1 Å². The van der Waals surface area contributed by atoms with Gasteiger partial charge in [-0.05, 0) is 26.2 Å². The molecule has 0 rings (SSSR count). The molecule has 0 saturated carbocycles. The highest BCUT2D eigenvalue weighted by atomic mass is 16.5. The van der Waals surface area contributed by atoms with Gasteiger partial charge in [-0.25, -0.2) is 0 Å². The van der Waals surface area contributed by atoms with Crippen molar-refractivity contribution in [2.24, 2.45) is 17.8 Å². The summed E-state index contributed by atoms with van der Waals surface area (Å²) in [5.74, 6) is -1.77. The second-order valence-corrected chi connectivity index (χ2v) is 6.95. The van der Waals surface area contributed by atoms with Crippen LogP contribution in [0.1, 0.15) is 67.7 Å². The molecule has 5 atom stereocenters. The van der Waals surface area contributed by atoms with E-state index in [2.05, 4.69) is 0 Å². The number of hydrogen-bond donors (Lipinski definition) is 2. The highest BCUT2D eigenvalue weighted by molar-refractivity contribution is 5.83. The first-order chi connectivity index (χ1) is 12.1. The molecule has 0 aromatic carbocycles. The molecule has 6 heteroatoms. The van der Waals surface area contributed by atoms with Crippen LogP contribution in [0, 0.1) is 17.8 Å². The number of esters is 1. The summed E-state index contributed by atoms with van der Waals surface area (Å²) in [7, 11) is 1.60. The Morgan fingerprint density at radius 2 is 1.65 bits per heavy atom. The minimum atomic E-state index is -1.68. The molecule has 3 unspecified atom stereocenters. The van der Waals surface area contributed by atoms with Crippen molar-refractivity contribution in [1.29, 1.82) is 0 Å². The molecule has 0 radical (unpaired) electrons. The molecule has 26 heavy (non-hydrogen) atoms. The zero-order valence-electron chi connectivity index (χ0n) is 17.9. The second-order valence-electron chi connectivity index (χ2n) is 6.95. The maximum Gasteiger partial charge on any atom is 0.308 e. The van der Waals surface area contributed by atoms with Gasteiger partial charge in [0.2, 0.25) is 0 Å². The van der Waals surface area contributed by atoms with Crippen molar-refractivity contribution in [2.75, 3.05) is 20.3 Å². The van der Waals surface area contributed by atoms with Gasteiger partial charge in [-0.1, -0.05) is 41.5 Å². The molecule has 6 nitrogen and oxygen atoms in total. The Morgan fingerprint density at radius 3 is 2.12 bits per heavy atom. The lowest BCUT2D eigenvalue weighted by Crippen LogP contribution is -2.50. The summed E-state index contributed by atoms with van der Waals surface area (Å²) in [6.45, 7) is 12.6. The van der Waals surface area contributed by atoms with Crippen LogP contribution in [0.3, 0.4) is 0 Å². The molecule has 156 valence electrons. The average molecular weight is 377 g/mol. The van der Waals surface area contributed by atoms with Gasteiger partial charge in [0.1, 0.15) is 18.0 Å². The van der Waals surface area contributed by atoms with E-state index in [1.165, 1.54) is 6.92 Å². The number of methoxy groups -OCH3 is 1. The van der Waals surface area contributed by atoms with Gasteiger partial charge in [-0.15, -0.1) is 0 Å². The first kappa shape index (κ1) is 27.2. The number of ether oxygens (including phenoxy) is 2. The number of Topliss-reactive ketones (excluding diaryl/α,β-unsaturated/α-hetero) is 1. The summed E-state index contributed by atoms with van der Waals surface area (Å²) in [5.41, 5.74) is -1.68. The molecule has 0 fully saturated rings. The molecule has 0 aromatic rings. The van der Waals surface area contributed by atoms with Crippen LogP contribution in [-0.4, -0.2) is 54.0 Å². The highest BCUT2D eigenvalue weighted by Gasteiger charge is 2.39. The lowest BCUT2D eigenvalue weighted by Gasteiger charge is -2.33. The molecule has 0 aliphatic rings. The molecular weight excluding hydrogens is 336 g/mol. The Hall–Kier alpha value is -0.980. The normalized spacial score (nSPS) is 17.8. The van der Waals surface area contributed by atoms with Crippen LogP contribution in [0.2, 0.25) is 0 Å². The summed E-state index contributed by atoms with van der Waals surface area (Å²) >= 11 is 0. The van der Waals surface area contributed by atoms with Crippen LogP contribution in [0.4, 0.5) is 0 Å². The zero-order valence-corrected chi connectivity index (χ0v) is 17.9. The van der Waals surface area contributed by atoms with Gasteiger partial charge in [-0.3, -0.25) is 9.59 Å². The first-order valence-corrected chi connectivity index (χ1v) is 9.68. The molecule has 0 heterocycles. The summed E-state index contributed by atoms with van der Waals surface area (Å²) < 4.78 is 10.1. The van der Waals surface area contributed by atoms with Crippen LogP contribution in [0.5, 0.6) is 0 Å². The molecule has 0 saturated heterocycles. The van der Waals surface area contributed by atoms with Crippen molar-refractivity contribution in [1.82, 2.24) is 0 Å². The van der Waals surface area contributed by atoms with Crippen LogP contribution in [0.15, 0.2) is 0 Å². The van der Waals surface area contributed by atoms with Gasteiger partial charge < -0.3 is 19.7 Å². The fourth-order valence-corrected chi connectivity index (χ4v) is 2.44. The topological polar surface area (TPSA) is 93.1 Å². The smallest absolute Gasteiger partial charge is 0.308 e. The number of carbonyl (C=O) groups is 2. The lowest BCUT2D eigenvalue weighted by molar-refractivity contribution is -0.167. The third-order valence-corrected chi connectivity index (χ3v) is 4.55. The predicted molar refractivity (Wildman–Crippen MR) is 103 cm³/mol. The SMILES string of the molecule is CC.CC[C@@H](C)C(=O)C(C)C(O)[C@](C)(O)COC(=O)C(C)CCCOC. The third kappa shape index (κ3) is 9.64. The molecule has 0 spiro atoms. The van der Waals surface area contributed by atoms with Crippen molar-refractivity contribution in [3.63, 3.8) is 0 Å². The molecule has 2 N–H and O–H groups in total. The minimum Gasteiger partial charge on any atom is -0.462 e. The first-order valence-electron chi connectivity index (χ1n) is 9.68. The van der Waals surface area contributed by atoms with E-state index in [4.69, 9.17) is 9.47 Å². The maximum atomic E-state index is 12.2. The highest BCUT2D eigenvalue weighted by Crippen LogP contribution is 2.23. The number of aliphatic hydroxyl groups is 2. The Morgan fingerprint density at radius 1 is 1.12 bits per heavy atom. The average Bonchev–Trinajstić information content (AvgIpc) is 2.65. The fourth-order valence-electron chi connectivity index (χ4n) is 2.44. The van der Waals surface area contributed by atoms with Crippen molar-refractivity contribution in [3.8, 4) is 0 Å². The van der Waals surface area contributed by atoms with E-state index in [1.54, 1.807) is 27.9 Å². The fraction of sp³-hybridized carbons (Fsp3) is 0.900. The zero-order chi connectivity index (χ0) is 20.9. The third-order valence-electron chi connectivity index (χ3n) is 4.55. The molecule has 0 aromatic heterocycles. The van der Waals surface area contributed by atoms with Crippen LogP contribution >= 0.6 is 0 Å². The Kier molecular flexibility index (Phi) is 14.8. The molecule has 0 aliphatic carbocycles. The van der Waals surface area contributed by atoms with Gasteiger partial charge in [0.15, 0.2) is 0 Å². The Bertz CT molecular complexity index is 394. The maximum absolute atomic E-state index is 12.2. The quantitative estimate of drug-likeness (QED) is 0.402. The van der Waals surface area contributed by atoms with E-state index in [9.17, 15) is 19.8 Å². The second kappa shape index (κ2) is 14.1. The monoisotopic (exact) mass is 376 g/mol. The van der Waals surface area contributed by atoms with Gasteiger partial charge in [-0.2, -0.15) is 0 Å². The van der Waals surface area contributed by atoms with Gasteiger partial charge >= 0.3 is 5.97 Å². The lowest BCUT2D eigenvalue weighted by atomic mass is 9.83. The number of rotatable bonds is 12. The number of hydrogen-bond acceptors (Lipinski definition) is 6. The Balaban J connectivity index is 0. The van der Waals surface area contributed by atoms with Crippen molar-refractivity contribution >= 4 is 11.8 Å². The van der Waals surface area contributed by atoms with Gasteiger partial charge in [0, 0.05) is 25.6 Å². The summed E-state index contributed by atoms with van der Waals surface area (Å²) in [5, 5.41) is 20.7. The number of ketones is 1. The molecular formula is C20H40O6. The van der Waals surface area contributed by atoms with Crippen molar-refractivity contribution in [2.45, 2.75) is 79.4 Å². The van der Waals surface area contributed by atoms with E-state index < -0.39 is 23.6 Å². The standard InChI is InChI=1S/C18H34O6.C2H6/c1-7-12(2)15(19)14(4)16(20)18(5,22)11-24-17(21)13(3)9-8-10-23-6;1-2/h12-14,16,20,22H,7-11H2,1-6H3;1-2H3/t12-,13?,14?,16?,18-;/m1./s1. The van der Waals surface area contributed by atoms with Crippen molar-refractivity contribution < 1.29 is 29.3 Å². The van der Waals surface area contributed by atoms with Crippen LogP contribution < -0.4 is 0 Å². The predicted octanol–water partition coefficient (Wildman–Crippen LogP) is 2.98. The molecule has 0 bridgehead atoms. The summed E-state index contributed by atoms with van der Waals surface area (Å²) in [6.07, 6.45) is 0.744. The number of carbonyl (C=O) groups excluding carboxylic acids is 2. The summed E-state index contributed by atoms with van der Waals surface area (Å²) in [4.78, 5) is 24.1. The number of aliphatic hydroxyl groups excluding tert-OH is 1. The van der Waals surface area contributed by atoms with E-state index in [-0.39, 0.29) is 24.2 Å². The van der Waals surface area contributed by atoms with E-state index >= 15 is 0 Å². The van der Waals surface area contributed by atoms with Gasteiger partial charge in [0.05, 0.1) is 12.0 Å². The minimum absolute atomic E-state index is 0.107. The van der Waals surface area contributed by atoms with E-state index in [1.807, 2.05) is 20.8 Å².